The molecule has 1 aliphatic heterocycles. The third kappa shape index (κ3) is 4.79. The second-order valence-corrected chi connectivity index (χ2v) is 9.35. The Bertz CT molecular complexity index is 1480. The fourth-order valence-electron chi connectivity index (χ4n) is 4.78. The van der Waals surface area contributed by atoms with Crippen LogP contribution in [0.2, 0.25) is 0 Å². The Kier molecular flexibility index (Phi) is 6.75. The number of nitrogens with zero attached hydrogens (tertiary/aromatic N) is 8. The predicted molar refractivity (Wildman–Crippen MR) is 143 cm³/mol. The van der Waals surface area contributed by atoms with E-state index in [0.29, 0.717) is 54.9 Å². The lowest BCUT2D eigenvalue weighted by Gasteiger charge is -2.35. The minimum atomic E-state index is -0.0602. The molecule has 4 aromatic rings. The molecule has 0 aliphatic carbocycles. The van der Waals surface area contributed by atoms with Crippen LogP contribution in [0.4, 0.5) is 5.82 Å². The molecule has 3 aromatic heterocycles. The summed E-state index contributed by atoms with van der Waals surface area (Å²) >= 11 is 0. The molecule has 198 valence electrons. The number of benzene rings is 1. The van der Waals surface area contributed by atoms with Gasteiger partial charge in [-0.15, -0.1) is 0 Å². The average Bonchev–Trinajstić information content (AvgIpc) is 3.48. The number of piperazine rings is 1. The first-order valence-corrected chi connectivity index (χ1v) is 12.5. The van der Waals surface area contributed by atoms with Crippen molar-refractivity contribution in [2.24, 2.45) is 7.05 Å². The third-order valence-corrected chi connectivity index (χ3v) is 6.71. The number of anilines is 1. The van der Waals surface area contributed by atoms with Gasteiger partial charge in [0, 0.05) is 50.6 Å². The molecule has 1 fully saturated rings. The van der Waals surface area contributed by atoms with Gasteiger partial charge < -0.3 is 19.3 Å². The molecule has 5 rings (SSSR count). The summed E-state index contributed by atoms with van der Waals surface area (Å²) in [6.07, 6.45) is 0. The maximum Gasteiger partial charge on any atom is 0.272 e. The number of carbonyl (C=O) groups is 1. The van der Waals surface area contributed by atoms with E-state index in [9.17, 15) is 4.79 Å². The van der Waals surface area contributed by atoms with Crippen molar-refractivity contribution in [1.29, 1.82) is 0 Å². The van der Waals surface area contributed by atoms with Crippen LogP contribution in [0.1, 0.15) is 27.7 Å². The number of hydrogen-bond acceptors (Lipinski definition) is 8. The Balaban J connectivity index is 1.32. The van der Waals surface area contributed by atoms with Gasteiger partial charge in [0.15, 0.2) is 5.82 Å². The largest absolute Gasteiger partial charge is 0.497 e. The summed E-state index contributed by atoms with van der Waals surface area (Å²) in [4.78, 5) is 26.8. The SMILES string of the molecule is COc1ccc(OC)c(-c2cc(C(=O)N3CCN(c4cc(-n5nc(C)cc5C)nc(C)n4)CC3)n(C)n2)c1. The standard InChI is InChI=1S/C27H32N8O3/c1-17-13-18(2)35(30-17)26-16-25(28-19(3)29-26)33-9-11-34(12-10-33)27(36)23-15-22(31-32(23)4)21-14-20(37-5)7-8-24(21)38-6/h7-8,13-16H,9-12H2,1-6H3. The van der Waals surface area contributed by atoms with Crippen molar-refractivity contribution >= 4 is 11.7 Å². The molecule has 1 aliphatic rings. The number of methoxy groups -OCH3 is 2. The van der Waals surface area contributed by atoms with Gasteiger partial charge in [-0.2, -0.15) is 10.2 Å². The van der Waals surface area contributed by atoms with Gasteiger partial charge in [-0.25, -0.2) is 14.6 Å². The molecule has 1 saturated heterocycles. The van der Waals surface area contributed by atoms with E-state index in [4.69, 9.17) is 9.47 Å². The highest BCUT2D eigenvalue weighted by Crippen LogP contribution is 2.33. The Morgan fingerprint density at radius 2 is 1.61 bits per heavy atom. The van der Waals surface area contributed by atoms with Gasteiger partial charge in [0.25, 0.3) is 5.91 Å². The summed E-state index contributed by atoms with van der Waals surface area (Å²) in [6.45, 7) is 8.32. The van der Waals surface area contributed by atoms with Crippen LogP contribution >= 0.6 is 0 Å². The van der Waals surface area contributed by atoms with Crippen LogP contribution < -0.4 is 14.4 Å². The smallest absolute Gasteiger partial charge is 0.272 e. The van der Waals surface area contributed by atoms with Crippen molar-refractivity contribution in [2.45, 2.75) is 20.8 Å². The van der Waals surface area contributed by atoms with Crippen LogP contribution in [0.25, 0.3) is 17.1 Å². The monoisotopic (exact) mass is 516 g/mol. The maximum atomic E-state index is 13.5. The molecular weight excluding hydrogens is 484 g/mol. The lowest BCUT2D eigenvalue weighted by molar-refractivity contribution is 0.0735. The van der Waals surface area contributed by atoms with Crippen molar-refractivity contribution in [3.05, 3.63) is 59.3 Å². The summed E-state index contributed by atoms with van der Waals surface area (Å²) in [6, 6.07) is 11.3. The van der Waals surface area contributed by atoms with Crippen molar-refractivity contribution in [1.82, 2.24) is 34.4 Å². The number of aryl methyl sites for hydroxylation is 4. The molecule has 11 heteroatoms. The van der Waals surface area contributed by atoms with E-state index in [0.717, 1.165) is 28.6 Å². The molecule has 0 N–H and O–H groups in total. The summed E-state index contributed by atoms with van der Waals surface area (Å²) in [7, 11) is 5.00. The van der Waals surface area contributed by atoms with Crippen molar-refractivity contribution in [3.8, 4) is 28.6 Å². The van der Waals surface area contributed by atoms with E-state index in [2.05, 4.69) is 25.1 Å². The van der Waals surface area contributed by atoms with E-state index in [1.165, 1.54) is 0 Å². The predicted octanol–water partition coefficient (Wildman–Crippen LogP) is 2.97. The van der Waals surface area contributed by atoms with Gasteiger partial charge in [0.05, 0.1) is 25.6 Å². The van der Waals surface area contributed by atoms with E-state index in [-0.39, 0.29) is 5.91 Å². The summed E-state index contributed by atoms with van der Waals surface area (Å²) in [5, 5.41) is 9.16. The minimum Gasteiger partial charge on any atom is -0.497 e. The highest BCUT2D eigenvalue weighted by molar-refractivity contribution is 5.94. The number of carbonyl (C=O) groups excluding carboxylic acids is 1. The quantitative estimate of drug-likeness (QED) is 0.385. The second kappa shape index (κ2) is 10.2. The average molecular weight is 517 g/mol. The summed E-state index contributed by atoms with van der Waals surface area (Å²) in [5.41, 5.74) is 3.89. The zero-order valence-electron chi connectivity index (χ0n) is 22.6. The lowest BCUT2D eigenvalue weighted by Crippen LogP contribution is -2.49. The van der Waals surface area contributed by atoms with Crippen molar-refractivity contribution in [2.75, 3.05) is 45.3 Å². The van der Waals surface area contributed by atoms with Crippen LogP contribution in [0, 0.1) is 20.8 Å². The third-order valence-electron chi connectivity index (χ3n) is 6.71. The van der Waals surface area contributed by atoms with Gasteiger partial charge in [-0.05, 0) is 51.1 Å². The molecule has 4 heterocycles. The lowest BCUT2D eigenvalue weighted by atomic mass is 10.1. The van der Waals surface area contributed by atoms with Crippen molar-refractivity contribution < 1.29 is 14.3 Å². The van der Waals surface area contributed by atoms with E-state index in [1.807, 2.05) is 60.7 Å². The molecule has 0 radical (unpaired) electrons. The minimum absolute atomic E-state index is 0.0602. The summed E-state index contributed by atoms with van der Waals surface area (Å²) < 4.78 is 14.3. The molecule has 11 nitrogen and oxygen atoms in total. The first-order chi connectivity index (χ1) is 18.3. The Morgan fingerprint density at radius 3 is 2.26 bits per heavy atom. The van der Waals surface area contributed by atoms with Gasteiger partial charge in [0.2, 0.25) is 0 Å². The van der Waals surface area contributed by atoms with Gasteiger partial charge in [-0.1, -0.05) is 0 Å². The molecule has 1 amide bonds. The molecular formula is C27H32N8O3. The van der Waals surface area contributed by atoms with Gasteiger partial charge in [0.1, 0.15) is 28.8 Å². The molecule has 0 atom stereocenters. The van der Waals surface area contributed by atoms with Crippen molar-refractivity contribution in [3.63, 3.8) is 0 Å². The fraction of sp³-hybridized carbons (Fsp3) is 0.370. The Labute approximate surface area is 221 Å². The number of aromatic nitrogens is 6. The van der Waals surface area contributed by atoms with E-state index in [1.54, 1.807) is 32.0 Å². The molecule has 38 heavy (non-hydrogen) atoms. The first kappa shape index (κ1) is 25.2. The first-order valence-electron chi connectivity index (χ1n) is 12.5. The highest BCUT2D eigenvalue weighted by atomic mass is 16.5. The maximum absolute atomic E-state index is 13.5. The number of rotatable bonds is 6. The van der Waals surface area contributed by atoms with Crippen LogP contribution in [0.5, 0.6) is 11.5 Å². The fourth-order valence-corrected chi connectivity index (χ4v) is 4.78. The molecule has 1 aromatic carbocycles. The van der Waals surface area contributed by atoms with Crippen LogP contribution in [-0.2, 0) is 7.05 Å². The zero-order chi connectivity index (χ0) is 27.0. The topological polar surface area (TPSA) is 103 Å². The molecule has 0 bridgehead atoms. The number of hydrogen-bond donors (Lipinski definition) is 0. The highest BCUT2D eigenvalue weighted by Gasteiger charge is 2.26. The Hall–Kier alpha value is -4.41. The van der Waals surface area contributed by atoms with Crippen LogP contribution in [-0.4, -0.2) is 80.7 Å². The Morgan fingerprint density at radius 1 is 0.868 bits per heavy atom. The second-order valence-electron chi connectivity index (χ2n) is 9.35. The number of ether oxygens (including phenoxy) is 2. The normalized spacial score (nSPS) is 13.6. The van der Waals surface area contributed by atoms with Crippen LogP contribution in [0.3, 0.4) is 0 Å². The number of amides is 1. The molecule has 0 spiro atoms. The van der Waals surface area contributed by atoms with E-state index >= 15 is 0 Å². The molecule has 0 unspecified atom stereocenters. The van der Waals surface area contributed by atoms with Crippen LogP contribution in [0.15, 0.2) is 36.4 Å². The van der Waals surface area contributed by atoms with Gasteiger partial charge >= 0.3 is 0 Å². The van der Waals surface area contributed by atoms with Gasteiger partial charge in [-0.3, -0.25) is 9.48 Å². The molecule has 0 saturated carbocycles. The summed E-state index contributed by atoms with van der Waals surface area (Å²) in [5.74, 6) is 3.55. The zero-order valence-corrected chi connectivity index (χ0v) is 22.6. The van der Waals surface area contributed by atoms with E-state index < -0.39 is 0 Å².